The molecule has 0 amide bonds. The molecule has 2 aromatic carbocycles. The number of carboxylic acid groups (broad SMARTS) is 1. The van der Waals surface area contributed by atoms with Crippen LogP contribution < -0.4 is 14.4 Å². The van der Waals surface area contributed by atoms with Gasteiger partial charge in [-0.05, 0) is 73.2 Å². The molecule has 3 heterocycles. The number of aromatic nitrogens is 1. The summed E-state index contributed by atoms with van der Waals surface area (Å²) in [7, 11) is 1.57. The minimum atomic E-state index is -0.809. The number of aryl methyl sites for hydroxylation is 1. The first-order valence-corrected chi connectivity index (χ1v) is 13.5. The average molecular weight is 519 g/mol. The van der Waals surface area contributed by atoms with Gasteiger partial charge in [-0.1, -0.05) is 38.3 Å². The molecule has 6 nitrogen and oxygen atoms in total. The van der Waals surface area contributed by atoms with Gasteiger partial charge in [0.15, 0.2) is 0 Å². The van der Waals surface area contributed by atoms with Crippen LogP contribution in [0.3, 0.4) is 0 Å². The normalized spacial score (nSPS) is 18.2. The minimum Gasteiger partial charge on any atom is -0.497 e. The molecule has 1 aromatic heterocycles. The van der Waals surface area contributed by atoms with E-state index < -0.39 is 11.9 Å². The number of hydrogen-bond acceptors (Lipinski definition) is 5. The number of fused-ring (bicyclic) bond motifs is 1. The molecule has 2 aliphatic heterocycles. The number of pyridine rings is 1. The second-order valence-electron chi connectivity index (χ2n) is 10.4. The van der Waals surface area contributed by atoms with Crippen LogP contribution in [0, 0.1) is 11.7 Å². The molecule has 6 rings (SSSR count). The third-order valence-corrected chi connectivity index (χ3v) is 7.24. The maximum absolute atomic E-state index is 14.8. The lowest BCUT2D eigenvalue weighted by Crippen LogP contribution is -2.38. The van der Waals surface area contributed by atoms with Gasteiger partial charge in [0.2, 0.25) is 0 Å². The van der Waals surface area contributed by atoms with Crippen molar-refractivity contribution < 1.29 is 23.8 Å². The third kappa shape index (κ3) is 5.93. The van der Waals surface area contributed by atoms with Gasteiger partial charge in [-0.2, -0.15) is 0 Å². The van der Waals surface area contributed by atoms with Gasteiger partial charge in [0.25, 0.3) is 0 Å². The van der Waals surface area contributed by atoms with Crippen LogP contribution in [0.1, 0.15) is 62.0 Å². The molecule has 1 saturated carbocycles. The van der Waals surface area contributed by atoms with Crippen LogP contribution in [0.15, 0.2) is 48.5 Å². The number of carboxylic acids is 1. The van der Waals surface area contributed by atoms with Crippen molar-refractivity contribution in [2.45, 2.75) is 58.0 Å². The molecule has 38 heavy (non-hydrogen) atoms. The average Bonchev–Trinajstić information content (AvgIpc) is 3.77. The van der Waals surface area contributed by atoms with Crippen LogP contribution in [-0.4, -0.2) is 36.3 Å². The lowest BCUT2D eigenvalue weighted by atomic mass is 9.95. The second kappa shape index (κ2) is 11.4. The molecule has 1 aliphatic carbocycles. The SMILES string of the molecule is C1CC1.COc1ccc(F)c(-c2ccc(C3CCc4ccc(CC(C)C(=O)O)cc4O3)nc2N2CCC2)c1. The van der Waals surface area contributed by atoms with E-state index >= 15 is 0 Å². The fraction of sp³-hybridized carbons (Fsp3) is 0.419. The fourth-order valence-electron chi connectivity index (χ4n) is 4.65. The molecular weight excluding hydrogens is 483 g/mol. The van der Waals surface area contributed by atoms with E-state index in [1.54, 1.807) is 26.2 Å². The summed E-state index contributed by atoms with van der Waals surface area (Å²) in [6.45, 7) is 3.47. The van der Waals surface area contributed by atoms with E-state index in [2.05, 4.69) is 4.90 Å². The van der Waals surface area contributed by atoms with E-state index in [9.17, 15) is 14.3 Å². The molecule has 3 aromatic rings. The summed E-state index contributed by atoms with van der Waals surface area (Å²) >= 11 is 0. The van der Waals surface area contributed by atoms with E-state index in [1.807, 2.05) is 30.3 Å². The molecule has 200 valence electrons. The largest absolute Gasteiger partial charge is 0.497 e. The molecule has 1 N–H and O–H groups in total. The van der Waals surface area contributed by atoms with E-state index in [-0.39, 0.29) is 11.9 Å². The number of nitrogens with zero attached hydrogens (tertiary/aromatic N) is 2. The zero-order valence-corrected chi connectivity index (χ0v) is 22.1. The molecule has 0 radical (unpaired) electrons. The highest BCUT2D eigenvalue weighted by atomic mass is 19.1. The fourth-order valence-corrected chi connectivity index (χ4v) is 4.65. The molecule has 2 fully saturated rings. The number of halogens is 1. The molecule has 2 unspecified atom stereocenters. The van der Waals surface area contributed by atoms with E-state index in [0.717, 1.165) is 66.3 Å². The predicted octanol–water partition coefficient (Wildman–Crippen LogP) is 6.61. The summed E-state index contributed by atoms with van der Waals surface area (Å²) in [6.07, 6.45) is 7.45. The standard InChI is InChI=1S/C28H29FN2O4.C3H6/c1-17(28(32)33)14-18-4-5-19-6-11-25(35-26(19)15-18)24-10-8-21(27(30-24)31-12-3-13-31)22-16-20(34-2)7-9-23(22)29;1-2-3-1/h4-5,7-10,15-17,25H,3,6,11-14H2,1-2H3,(H,32,33);1-3H2. The van der Waals surface area contributed by atoms with Crippen molar-refractivity contribution in [1.82, 2.24) is 4.98 Å². The Balaban J connectivity index is 0.000000916. The number of anilines is 1. The maximum atomic E-state index is 14.8. The Morgan fingerprint density at radius 1 is 1.11 bits per heavy atom. The summed E-state index contributed by atoms with van der Waals surface area (Å²) in [6, 6.07) is 14.6. The zero-order valence-electron chi connectivity index (χ0n) is 22.1. The number of rotatable bonds is 7. The smallest absolute Gasteiger partial charge is 0.306 e. The zero-order chi connectivity index (χ0) is 26.6. The monoisotopic (exact) mass is 518 g/mol. The lowest BCUT2D eigenvalue weighted by Gasteiger charge is -2.35. The van der Waals surface area contributed by atoms with Gasteiger partial charge >= 0.3 is 5.97 Å². The van der Waals surface area contributed by atoms with Gasteiger partial charge in [0, 0.05) is 24.2 Å². The van der Waals surface area contributed by atoms with Crippen molar-refractivity contribution in [1.29, 1.82) is 0 Å². The number of carbonyl (C=O) groups is 1. The second-order valence-corrected chi connectivity index (χ2v) is 10.4. The number of aliphatic carboxylic acids is 1. The third-order valence-electron chi connectivity index (χ3n) is 7.24. The first kappa shape index (κ1) is 26.0. The Bertz CT molecular complexity index is 1300. The first-order valence-electron chi connectivity index (χ1n) is 13.5. The number of benzene rings is 2. The van der Waals surface area contributed by atoms with Gasteiger partial charge in [-0.25, -0.2) is 9.37 Å². The molecule has 7 heteroatoms. The highest BCUT2D eigenvalue weighted by Crippen LogP contribution is 2.39. The predicted molar refractivity (Wildman–Crippen MR) is 145 cm³/mol. The van der Waals surface area contributed by atoms with Crippen LogP contribution in [0.5, 0.6) is 11.5 Å². The molecular formula is C31H35FN2O4. The van der Waals surface area contributed by atoms with Crippen LogP contribution >= 0.6 is 0 Å². The molecule has 2 atom stereocenters. The Kier molecular flexibility index (Phi) is 7.82. The number of methoxy groups -OCH3 is 1. The Morgan fingerprint density at radius 2 is 1.89 bits per heavy atom. The minimum absolute atomic E-state index is 0.223. The first-order chi connectivity index (χ1) is 18.4. The molecule has 0 bridgehead atoms. The van der Waals surface area contributed by atoms with Crippen LogP contribution in [0.4, 0.5) is 10.2 Å². The summed E-state index contributed by atoms with van der Waals surface area (Å²) in [5, 5.41) is 9.25. The van der Waals surface area contributed by atoms with Crippen molar-refractivity contribution in [2.75, 3.05) is 25.1 Å². The van der Waals surface area contributed by atoms with Crippen molar-refractivity contribution >= 4 is 11.8 Å². The van der Waals surface area contributed by atoms with Crippen molar-refractivity contribution in [3.05, 3.63) is 71.2 Å². The quantitative estimate of drug-likeness (QED) is 0.380. The molecule has 1 saturated heterocycles. The van der Waals surface area contributed by atoms with Gasteiger partial charge in [-0.3, -0.25) is 4.79 Å². The van der Waals surface area contributed by atoms with E-state index in [1.165, 1.54) is 25.3 Å². The van der Waals surface area contributed by atoms with Gasteiger partial charge in [0.1, 0.15) is 29.2 Å². The van der Waals surface area contributed by atoms with E-state index in [0.29, 0.717) is 17.7 Å². The van der Waals surface area contributed by atoms with Crippen molar-refractivity contribution in [2.24, 2.45) is 5.92 Å². The maximum Gasteiger partial charge on any atom is 0.306 e. The van der Waals surface area contributed by atoms with Gasteiger partial charge in [0.05, 0.1) is 18.7 Å². The summed E-state index contributed by atoms with van der Waals surface area (Å²) in [5.74, 6) is 0.564. The van der Waals surface area contributed by atoms with Crippen molar-refractivity contribution in [3.8, 4) is 22.6 Å². The Labute approximate surface area is 223 Å². The van der Waals surface area contributed by atoms with Gasteiger partial charge in [-0.15, -0.1) is 0 Å². The van der Waals surface area contributed by atoms with Crippen LogP contribution in [-0.2, 0) is 17.6 Å². The van der Waals surface area contributed by atoms with Crippen LogP contribution in [0.2, 0.25) is 0 Å². The topological polar surface area (TPSA) is 71.9 Å². The number of ether oxygens (including phenoxy) is 2. The Morgan fingerprint density at radius 3 is 2.55 bits per heavy atom. The highest BCUT2D eigenvalue weighted by molar-refractivity contribution is 5.78. The molecule has 0 spiro atoms. The van der Waals surface area contributed by atoms with Crippen LogP contribution in [0.25, 0.3) is 11.1 Å². The Hall–Kier alpha value is -3.61. The summed E-state index contributed by atoms with van der Waals surface area (Å²) in [5.41, 5.74) is 4.08. The van der Waals surface area contributed by atoms with Crippen molar-refractivity contribution in [3.63, 3.8) is 0 Å². The van der Waals surface area contributed by atoms with E-state index in [4.69, 9.17) is 14.5 Å². The highest BCUT2D eigenvalue weighted by Gasteiger charge is 2.27. The molecule has 3 aliphatic rings. The summed E-state index contributed by atoms with van der Waals surface area (Å²) in [4.78, 5) is 18.4. The number of hydrogen-bond donors (Lipinski definition) is 1. The summed E-state index contributed by atoms with van der Waals surface area (Å²) < 4.78 is 26.5. The van der Waals surface area contributed by atoms with Gasteiger partial charge < -0.3 is 19.5 Å². The lowest BCUT2D eigenvalue weighted by molar-refractivity contribution is -0.141.